The van der Waals surface area contributed by atoms with Crippen LogP contribution < -0.4 is 5.73 Å². The minimum Gasteiger partial charge on any atom is -0.409 e. The Kier molecular flexibility index (Phi) is 5.52. The van der Waals surface area contributed by atoms with Crippen LogP contribution in [0.25, 0.3) is 0 Å². The van der Waals surface area contributed by atoms with Gasteiger partial charge in [-0.25, -0.2) is 0 Å². The van der Waals surface area contributed by atoms with E-state index in [0.717, 1.165) is 39.1 Å². The van der Waals surface area contributed by atoms with E-state index in [9.17, 15) is 0 Å². The van der Waals surface area contributed by atoms with E-state index in [0.29, 0.717) is 5.84 Å². The first kappa shape index (κ1) is 15.7. The first-order chi connectivity index (χ1) is 10.1. The summed E-state index contributed by atoms with van der Waals surface area (Å²) in [6, 6.07) is 2.22. The average Bonchev–Trinajstić information content (AvgIpc) is 2.49. The van der Waals surface area contributed by atoms with E-state index in [1.165, 1.54) is 11.1 Å². The molecule has 6 nitrogen and oxygen atoms in total. The highest BCUT2D eigenvalue weighted by molar-refractivity contribution is 5.85. The summed E-state index contributed by atoms with van der Waals surface area (Å²) >= 11 is 0. The molecule has 1 aliphatic heterocycles. The van der Waals surface area contributed by atoms with E-state index >= 15 is 0 Å². The molecule has 0 aliphatic carbocycles. The van der Waals surface area contributed by atoms with Crippen molar-refractivity contribution in [2.75, 3.05) is 26.2 Å². The number of amidine groups is 1. The second-order valence-electron chi connectivity index (χ2n) is 5.63. The van der Waals surface area contributed by atoms with Crippen LogP contribution in [0, 0.1) is 6.92 Å². The van der Waals surface area contributed by atoms with Crippen molar-refractivity contribution in [3.8, 4) is 0 Å². The zero-order valence-corrected chi connectivity index (χ0v) is 12.9. The van der Waals surface area contributed by atoms with Crippen molar-refractivity contribution in [3.05, 3.63) is 29.6 Å². The summed E-state index contributed by atoms with van der Waals surface area (Å²) in [5.41, 5.74) is 8.22. The Hall–Kier alpha value is -1.66. The fraction of sp³-hybridized carbons (Fsp3) is 0.600. The Bertz CT molecular complexity index is 483. The number of rotatable bonds is 5. The fourth-order valence-corrected chi connectivity index (χ4v) is 2.92. The second-order valence-corrected chi connectivity index (χ2v) is 5.63. The van der Waals surface area contributed by atoms with Crippen LogP contribution in [0.5, 0.6) is 0 Å². The van der Waals surface area contributed by atoms with Crippen molar-refractivity contribution in [3.63, 3.8) is 0 Å². The number of piperazine rings is 1. The number of hydrogen-bond acceptors (Lipinski definition) is 5. The number of aryl methyl sites for hydroxylation is 1. The van der Waals surface area contributed by atoms with E-state index in [4.69, 9.17) is 10.9 Å². The summed E-state index contributed by atoms with van der Waals surface area (Å²) in [4.78, 5) is 8.96. The first-order valence-corrected chi connectivity index (χ1v) is 7.48. The van der Waals surface area contributed by atoms with Gasteiger partial charge in [-0.2, -0.15) is 0 Å². The number of aromatic nitrogens is 1. The molecular formula is C15H25N5O. The quantitative estimate of drug-likeness (QED) is 0.367. The summed E-state index contributed by atoms with van der Waals surface area (Å²) in [5.74, 6) is 0.314. The van der Waals surface area contributed by atoms with Crippen molar-refractivity contribution >= 4 is 5.84 Å². The summed E-state index contributed by atoms with van der Waals surface area (Å²) in [6.45, 7) is 8.92. The van der Waals surface area contributed by atoms with E-state index in [1.54, 1.807) is 0 Å². The van der Waals surface area contributed by atoms with E-state index in [1.807, 2.05) is 12.4 Å². The lowest BCUT2D eigenvalue weighted by Gasteiger charge is -2.38. The smallest absolute Gasteiger partial charge is 0.156 e. The maximum atomic E-state index is 8.86. The van der Waals surface area contributed by atoms with Crippen LogP contribution in [0.4, 0.5) is 0 Å². The largest absolute Gasteiger partial charge is 0.409 e. The second kappa shape index (κ2) is 7.38. The molecule has 1 atom stereocenters. The Morgan fingerprint density at radius 1 is 1.38 bits per heavy atom. The minimum absolute atomic E-state index is 0.0396. The lowest BCUT2D eigenvalue weighted by molar-refractivity contribution is 0.109. The van der Waals surface area contributed by atoms with Gasteiger partial charge in [0.2, 0.25) is 0 Å². The van der Waals surface area contributed by atoms with E-state index < -0.39 is 0 Å². The van der Waals surface area contributed by atoms with Crippen LogP contribution in [0.2, 0.25) is 0 Å². The van der Waals surface area contributed by atoms with Gasteiger partial charge < -0.3 is 10.9 Å². The molecule has 2 rings (SSSR count). The Morgan fingerprint density at radius 2 is 2.10 bits per heavy atom. The molecule has 6 heteroatoms. The maximum Gasteiger partial charge on any atom is 0.156 e. The molecule has 0 saturated carbocycles. The minimum atomic E-state index is 0.0396. The third-order valence-corrected chi connectivity index (χ3v) is 4.03. The van der Waals surface area contributed by atoms with Gasteiger partial charge >= 0.3 is 0 Å². The van der Waals surface area contributed by atoms with Crippen LogP contribution in [-0.2, 0) is 6.54 Å². The predicted octanol–water partition coefficient (Wildman–Crippen LogP) is 1.03. The number of oxime groups is 1. The summed E-state index contributed by atoms with van der Waals surface area (Å²) in [5, 5.41) is 12.0. The van der Waals surface area contributed by atoms with Gasteiger partial charge in [0.1, 0.15) is 0 Å². The van der Waals surface area contributed by atoms with Gasteiger partial charge in [0.05, 0.1) is 6.04 Å². The van der Waals surface area contributed by atoms with E-state index in [-0.39, 0.29) is 6.04 Å². The summed E-state index contributed by atoms with van der Waals surface area (Å²) in [6.07, 6.45) is 4.67. The standard InChI is InChI=1S/C15H25N5O/c1-3-14(15(16)18-21)20-6-4-19(5-7-20)11-13-8-12(2)9-17-10-13/h8-10,14,21H,3-7,11H2,1-2H3,(H2,16,18). The molecule has 21 heavy (non-hydrogen) atoms. The van der Waals surface area contributed by atoms with Gasteiger partial charge in [0.25, 0.3) is 0 Å². The van der Waals surface area contributed by atoms with Gasteiger partial charge in [0, 0.05) is 45.1 Å². The molecule has 0 radical (unpaired) electrons. The molecule has 3 N–H and O–H groups in total. The van der Waals surface area contributed by atoms with E-state index in [2.05, 4.69) is 39.9 Å². The number of pyridine rings is 1. The van der Waals surface area contributed by atoms with Gasteiger partial charge in [-0.05, 0) is 24.5 Å². The molecular weight excluding hydrogens is 266 g/mol. The molecule has 1 aliphatic rings. The molecule has 116 valence electrons. The van der Waals surface area contributed by atoms with Crippen molar-refractivity contribution in [1.29, 1.82) is 0 Å². The molecule has 1 saturated heterocycles. The van der Waals surface area contributed by atoms with Gasteiger partial charge in [-0.1, -0.05) is 18.1 Å². The Labute approximate surface area is 126 Å². The zero-order valence-electron chi connectivity index (χ0n) is 12.9. The van der Waals surface area contributed by atoms with Gasteiger partial charge in [-0.3, -0.25) is 14.8 Å². The molecule has 0 aromatic carbocycles. The maximum absolute atomic E-state index is 8.86. The highest BCUT2D eigenvalue weighted by Crippen LogP contribution is 2.12. The monoisotopic (exact) mass is 291 g/mol. The molecule has 0 spiro atoms. The van der Waals surface area contributed by atoms with Crippen LogP contribution in [-0.4, -0.2) is 58.0 Å². The number of hydrogen-bond donors (Lipinski definition) is 2. The fourth-order valence-electron chi connectivity index (χ4n) is 2.92. The normalized spacial score (nSPS) is 19.6. The number of nitrogens with zero attached hydrogens (tertiary/aromatic N) is 4. The molecule has 1 aromatic rings. The van der Waals surface area contributed by atoms with Gasteiger partial charge in [0.15, 0.2) is 5.84 Å². The van der Waals surface area contributed by atoms with Crippen LogP contribution in [0.1, 0.15) is 24.5 Å². The van der Waals surface area contributed by atoms with Crippen LogP contribution in [0.15, 0.2) is 23.6 Å². The summed E-state index contributed by atoms with van der Waals surface area (Å²) in [7, 11) is 0. The Morgan fingerprint density at radius 3 is 2.67 bits per heavy atom. The molecule has 0 amide bonds. The highest BCUT2D eigenvalue weighted by Gasteiger charge is 2.25. The zero-order chi connectivity index (χ0) is 15.2. The molecule has 1 fully saturated rings. The summed E-state index contributed by atoms with van der Waals surface area (Å²) < 4.78 is 0. The lowest BCUT2D eigenvalue weighted by Crippen LogP contribution is -2.53. The van der Waals surface area contributed by atoms with Gasteiger partial charge in [-0.15, -0.1) is 0 Å². The van der Waals surface area contributed by atoms with Crippen molar-refractivity contribution < 1.29 is 5.21 Å². The topological polar surface area (TPSA) is 78.0 Å². The average molecular weight is 291 g/mol. The third kappa shape index (κ3) is 4.15. The molecule has 1 aromatic heterocycles. The molecule has 0 bridgehead atoms. The highest BCUT2D eigenvalue weighted by atomic mass is 16.4. The van der Waals surface area contributed by atoms with Crippen molar-refractivity contribution in [2.45, 2.75) is 32.9 Å². The van der Waals surface area contributed by atoms with Crippen molar-refractivity contribution in [2.24, 2.45) is 10.9 Å². The molecule has 2 heterocycles. The molecule has 1 unspecified atom stereocenters. The first-order valence-electron chi connectivity index (χ1n) is 7.48. The van der Waals surface area contributed by atoms with Crippen LogP contribution >= 0.6 is 0 Å². The lowest BCUT2D eigenvalue weighted by atomic mass is 10.1. The SMILES string of the molecule is CCC(/C(N)=N/O)N1CCN(Cc2cncc(C)c2)CC1. The predicted molar refractivity (Wildman–Crippen MR) is 83.3 cm³/mol. The Balaban J connectivity index is 1.88. The third-order valence-electron chi connectivity index (χ3n) is 4.03. The number of nitrogens with two attached hydrogens (primary N) is 1. The van der Waals surface area contributed by atoms with Crippen molar-refractivity contribution in [1.82, 2.24) is 14.8 Å². The van der Waals surface area contributed by atoms with Crippen LogP contribution in [0.3, 0.4) is 0 Å².